The molecule has 1 aliphatic heterocycles. The average molecular weight is 345 g/mol. The van der Waals surface area contributed by atoms with Crippen LogP contribution in [-0.4, -0.2) is 30.0 Å². The first-order valence-corrected chi connectivity index (χ1v) is 9.32. The van der Waals surface area contributed by atoms with Crippen molar-refractivity contribution in [3.8, 4) is 0 Å². The normalized spacial score (nSPS) is 19.2. The number of anilines is 1. The maximum atomic E-state index is 12.2. The summed E-state index contributed by atoms with van der Waals surface area (Å²) >= 11 is 0. The Bertz CT molecular complexity index is 633. The molecular weight excluding hydrogens is 318 g/mol. The number of nitro groups is 1. The fraction of sp³-hybridized carbons (Fsp3) is 0.632. The summed E-state index contributed by atoms with van der Waals surface area (Å²) in [6.45, 7) is 3.33. The molecule has 1 heterocycles. The molecule has 3 rings (SSSR count). The summed E-state index contributed by atoms with van der Waals surface area (Å²) in [5.41, 5.74) is 1.75. The highest BCUT2D eigenvalue weighted by Gasteiger charge is 2.26. The highest BCUT2D eigenvalue weighted by Crippen LogP contribution is 2.31. The van der Waals surface area contributed by atoms with Crippen LogP contribution in [0.3, 0.4) is 0 Å². The van der Waals surface area contributed by atoms with Crippen LogP contribution < -0.4 is 10.2 Å². The molecule has 1 amide bonds. The number of amides is 1. The zero-order chi connectivity index (χ0) is 17.8. The number of carbonyl (C=O) groups excluding carboxylic acids is 1. The monoisotopic (exact) mass is 345 g/mol. The maximum Gasteiger partial charge on any atom is 0.292 e. The number of nitro benzene ring substituents is 1. The predicted molar refractivity (Wildman–Crippen MR) is 97.8 cm³/mol. The maximum absolute atomic E-state index is 12.2. The Morgan fingerprint density at radius 1 is 1.24 bits per heavy atom. The van der Waals surface area contributed by atoms with Crippen molar-refractivity contribution in [1.82, 2.24) is 5.32 Å². The van der Waals surface area contributed by atoms with E-state index in [0.717, 1.165) is 31.5 Å². The van der Waals surface area contributed by atoms with Crippen molar-refractivity contribution in [2.45, 2.75) is 57.9 Å². The van der Waals surface area contributed by atoms with Crippen molar-refractivity contribution in [2.24, 2.45) is 5.92 Å². The molecule has 6 heteroatoms. The minimum Gasteiger partial charge on any atom is -0.366 e. The zero-order valence-electron chi connectivity index (χ0n) is 14.9. The Hall–Kier alpha value is -2.11. The second-order valence-corrected chi connectivity index (χ2v) is 7.43. The van der Waals surface area contributed by atoms with Gasteiger partial charge in [-0.3, -0.25) is 14.9 Å². The third-order valence-corrected chi connectivity index (χ3v) is 5.48. The van der Waals surface area contributed by atoms with Gasteiger partial charge >= 0.3 is 0 Å². The van der Waals surface area contributed by atoms with E-state index < -0.39 is 0 Å². The molecule has 0 spiro atoms. The number of rotatable bonds is 5. The van der Waals surface area contributed by atoms with Crippen molar-refractivity contribution in [3.63, 3.8) is 0 Å². The Balaban J connectivity index is 1.53. The molecule has 0 unspecified atom stereocenters. The van der Waals surface area contributed by atoms with E-state index in [4.69, 9.17) is 0 Å². The standard InChI is InChI=1S/C19H27N3O3/c1-14-6-7-17(18(12-14)22(24)25)21-10-8-16(9-11-21)20-19(23)13-15-4-2-3-5-15/h6-7,12,15-16H,2-5,8-11,13H2,1H3,(H,20,23). The summed E-state index contributed by atoms with van der Waals surface area (Å²) in [6.07, 6.45) is 7.20. The van der Waals surface area contributed by atoms with E-state index in [1.165, 1.54) is 25.7 Å². The Morgan fingerprint density at radius 2 is 1.92 bits per heavy atom. The number of piperidine rings is 1. The van der Waals surface area contributed by atoms with Gasteiger partial charge in [-0.1, -0.05) is 18.9 Å². The lowest BCUT2D eigenvalue weighted by Crippen LogP contribution is -2.45. The number of nitrogens with zero attached hydrogens (tertiary/aromatic N) is 2. The van der Waals surface area contributed by atoms with Crippen LogP contribution in [0.2, 0.25) is 0 Å². The molecule has 1 saturated carbocycles. The first-order chi connectivity index (χ1) is 12.0. The van der Waals surface area contributed by atoms with Crippen molar-refractivity contribution in [3.05, 3.63) is 33.9 Å². The first-order valence-electron chi connectivity index (χ1n) is 9.32. The Morgan fingerprint density at radius 3 is 2.56 bits per heavy atom. The van der Waals surface area contributed by atoms with E-state index in [2.05, 4.69) is 10.2 Å². The fourth-order valence-electron chi connectivity index (χ4n) is 4.08. The van der Waals surface area contributed by atoms with E-state index in [9.17, 15) is 14.9 Å². The summed E-state index contributed by atoms with van der Waals surface area (Å²) in [5.74, 6) is 0.738. The molecule has 6 nitrogen and oxygen atoms in total. The summed E-state index contributed by atoms with van der Waals surface area (Å²) < 4.78 is 0. The summed E-state index contributed by atoms with van der Waals surface area (Å²) in [4.78, 5) is 25.3. The van der Waals surface area contributed by atoms with E-state index in [0.29, 0.717) is 18.0 Å². The molecule has 1 saturated heterocycles. The van der Waals surface area contributed by atoms with Gasteiger partial charge in [0.2, 0.25) is 5.91 Å². The summed E-state index contributed by atoms with van der Waals surface area (Å²) in [7, 11) is 0. The van der Waals surface area contributed by atoms with Crippen LogP contribution >= 0.6 is 0 Å². The van der Waals surface area contributed by atoms with Crippen LogP contribution in [0.25, 0.3) is 0 Å². The number of hydrogen-bond acceptors (Lipinski definition) is 4. The molecule has 136 valence electrons. The quantitative estimate of drug-likeness (QED) is 0.654. The second-order valence-electron chi connectivity index (χ2n) is 7.43. The van der Waals surface area contributed by atoms with Gasteiger partial charge in [-0.05, 0) is 50.2 Å². The Labute approximate surface area is 148 Å². The number of benzene rings is 1. The third-order valence-electron chi connectivity index (χ3n) is 5.48. The lowest BCUT2D eigenvalue weighted by atomic mass is 10.0. The highest BCUT2D eigenvalue weighted by atomic mass is 16.6. The van der Waals surface area contributed by atoms with Crippen molar-refractivity contribution >= 4 is 17.3 Å². The molecule has 2 aliphatic rings. The van der Waals surface area contributed by atoms with E-state index in [-0.39, 0.29) is 22.6 Å². The number of hydrogen-bond donors (Lipinski definition) is 1. The largest absolute Gasteiger partial charge is 0.366 e. The van der Waals surface area contributed by atoms with Crippen LogP contribution in [0, 0.1) is 23.0 Å². The number of nitrogens with one attached hydrogen (secondary N) is 1. The van der Waals surface area contributed by atoms with Gasteiger partial charge < -0.3 is 10.2 Å². The molecule has 1 aromatic carbocycles. The van der Waals surface area contributed by atoms with Gasteiger partial charge in [0.1, 0.15) is 5.69 Å². The van der Waals surface area contributed by atoms with Crippen molar-refractivity contribution < 1.29 is 9.72 Å². The van der Waals surface area contributed by atoms with Crippen LogP contribution in [0.5, 0.6) is 0 Å². The molecule has 1 aliphatic carbocycles. The fourth-order valence-corrected chi connectivity index (χ4v) is 4.08. The van der Waals surface area contributed by atoms with Crippen LogP contribution in [-0.2, 0) is 4.79 Å². The van der Waals surface area contributed by atoms with E-state index >= 15 is 0 Å². The van der Waals surface area contributed by atoms with Gasteiger partial charge in [-0.25, -0.2) is 0 Å². The van der Waals surface area contributed by atoms with E-state index in [1.54, 1.807) is 6.07 Å². The molecule has 0 atom stereocenters. The summed E-state index contributed by atoms with van der Waals surface area (Å²) in [5, 5.41) is 14.5. The average Bonchev–Trinajstić information content (AvgIpc) is 3.08. The molecule has 25 heavy (non-hydrogen) atoms. The SMILES string of the molecule is Cc1ccc(N2CCC(NC(=O)CC3CCCC3)CC2)c([N+](=O)[O-])c1. The molecule has 1 N–H and O–H groups in total. The Kier molecular flexibility index (Phi) is 5.56. The second kappa shape index (κ2) is 7.85. The highest BCUT2D eigenvalue weighted by molar-refractivity contribution is 5.76. The third kappa shape index (κ3) is 4.50. The molecule has 2 fully saturated rings. The molecule has 0 radical (unpaired) electrons. The molecular formula is C19H27N3O3. The van der Waals surface area contributed by atoms with E-state index in [1.807, 2.05) is 19.1 Å². The topological polar surface area (TPSA) is 75.5 Å². The van der Waals surface area contributed by atoms with Gasteiger partial charge in [-0.15, -0.1) is 0 Å². The molecule has 1 aromatic rings. The molecule has 0 aromatic heterocycles. The lowest BCUT2D eigenvalue weighted by Gasteiger charge is -2.33. The smallest absolute Gasteiger partial charge is 0.292 e. The summed E-state index contributed by atoms with van der Waals surface area (Å²) in [6, 6.07) is 5.57. The minimum atomic E-state index is -0.308. The lowest BCUT2D eigenvalue weighted by molar-refractivity contribution is -0.384. The molecule has 0 bridgehead atoms. The zero-order valence-corrected chi connectivity index (χ0v) is 14.9. The van der Waals surface area contributed by atoms with Crippen molar-refractivity contribution in [1.29, 1.82) is 0 Å². The van der Waals surface area contributed by atoms with Gasteiger partial charge in [0.15, 0.2) is 0 Å². The number of carbonyl (C=O) groups is 1. The van der Waals surface area contributed by atoms with Crippen molar-refractivity contribution in [2.75, 3.05) is 18.0 Å². The number of aryl methyl sites for hydroxylation is 1. The van der Waals surface area contributed by atoms with Crippen LogP contribution in [0.1, 0.15) is 50.5 Å². The predicted octanol–water partition coefficient (Wildman–Crippen LogP) is 3.57. The van der Waals surface area contributed by atoms with Crippen LogP contribution in [0.4, 0.5) is 11.4 Å². The van der Waals surface area contributed by atoms with Gasteiger partial charge in [0, 0.05) is 31.6 Å². The minimum absolute atomic E-state index is 0.170. The van der Waals surface area contributed by atoms with Gasteiger partial charge in [-0.2, -0.15) is 0 Å². The first kappa shape index (κ1) is 17.7. The van der Waals surface area contributed by atoms with Crippen LogP contribution in [0.15, 0.2) is 18.2 Å². The van der Waals surface area contributed by atoms with Gasteiger partial charge in [0.05, 0.1) is 4.92 Å². The van der Waals surface area contributed by atoms with Gasteiger partial charge in [0.25, 0.3) is 5.69 Å².